The maximum absolute atomic E-state index is 10.9. The predicted molar refractivity (Wildman–Crippen MR) is 64.7 cm³/mol. The number of nitrogens with one attached hydrogen (secondary N) is 2. The van der Waals surface area contributed by atoms with Crippen LogP contribution in [-0.2, 0) is 10.0 Å². The lowest BCUT2D eigenvalue weighted by Gasteiger charge is -2.07. The molecule has 0 spiro atoms. The molecular weight excluding hydrogens is 264 g/mol. The number of nitro groups is 1. The molecule has 0 aromatic carbocycles. The average molecular weight is 276 g/mol. The summed E-state index contributed by atoms with van der Waals surface area (Å²) < 4.78 is 21.4. The normalized spacial score (nSPS) is 11.0. The second-order valence-corrected chi connectivity index (χ2v) is 4.95. The monoisotopic (exact) mass is 276 g/mol. The van der Waals surface area contributed by atoms with Gasteiger partial charge in [-0.15, -0.1) is 0 Å². The molecule has 4 N–H and O–H groups in total. The van der Waals surface area contributed by atoms with Gasteiger partial charge in [-0.1, -0.05) is 0 Å². The number of hydrogen-bond donors (Lipinski definition) is 3. The zero-order valence-corrected chi connectivity index (χ0v) is 10.3. The van der Waals surface area contributed by atoms with Crippen LogP contribution >= 0.6 is 0 Å². The van der Waals surface area contributed by atoms with E-state index in [-0.39, 0.29) is 29.6 Å². The number of nitrogens with zero attached hydrogens (tertiary/aromatic N) is 3. The van der Waals surface area contributed by atoms with Crippen molar-refractivity contribution in [2.24, 2.45) is 5.14 Å². The third kappa shape index (κ3) is 3.78. The van der Waals surface area contributed by atoms with Gasteiger partial charge in [0.15, 0.2) is 0 Å². The molecule has 0 radical (unpaired) electrons. The van der Waals surface area contributed by atoms with Gasteiger partial charge in [-0.05, 0) is 0 Å². The van der Waals surface area contributed by atoms with Crippen molar-refractivity contribution in [2.45, 2.75) is 0 Å². The number of sulfonamides is 1. The van der Waals surface area contributed by atoms with Gasteiger partial charge in [-0.25, -0.2) is 23.5 Å². The Kier molecular flexibility index (Phi) is 4.33. The van der Waals surface area contributed by atoms with E-state index in [1.807, 2.05) is 0 Å². The molecule has 0 aliphatic heterocycles. The summed E-state index contributed by atoms with van der Waals surface area (Å²) >= 11 is 0. The second kappa shape index (κ2) is 5.55. The Balaban J connectivity index is 2.92. The van der Waals surface area contributed by atoms with Crippen molar-refractivity contribution in [1.82, 2.24) is 9.97 Å². The van der Waals surface area contributed by atoms with Crippen LogP contribution in [0.15, 0.2) is 6.33 Å². The lowest BCUT2D eigenvalue weighted by molar-refractivity contribution is -0.383. The van der Waals surface area contributed by atoms with Crippen LogP contribution in [0.1, 0.15) is 0 Å². The maximum Gasteiger partial charge on any atom is 0.353 e. The molecule has 11 heteroatoms. The van der Waals surface area contributed by atoms with Gasteiger partial charge in [0.2, 0.25) is 21.7 Å². The molecule has 0 saturated carbocycles. The molecule has 0 fully saturated rings. The minimum atomic E-state index is -3.63. The molecule has 1 aromatic rings. The highest BCUT2D eigenvalue weighted by Gasteiger charge is 2.21. The van der Waals surface area contributed by atoms with Gasteiger partial charge in [0, 0.05) is 13.6 Å². The molecule has 0 amide bonds. The van der Waals surface area contributed by atoms with Gasteiger partial charge in [0.05, 0.1) is 10.7 Å². The van der Waals surface area contributed by atoms with E-state index in [1.165, 1.54) is 7.05 Å². The SMILES string of the molecule is CNc1ncnc(NCCS(N)(=O)=O)c1[N+](=O)[O-]. The number of nitrogens with two attached hydrogens (primary N) is 1. The highest BCUT2D eigenvalue weighted by molar-refractivity contribution is 7.89. The van der Waals surface area contributed by atoms with Crippen molar-refractivity contribution in [2.75, 3.05) is 30.0 Å². The van der Waals surface area contributed by atoms with Crippen LogP contribution in [0.2, 0.25) is 0 Å². The first-order chi connectivity index (χ1) is 8.35. The van der Waals surface area contributed by atoms with E-state index < -0.39 is 14.9 Å². The molecule has 0 aliphatic carbocycles. The zero-order chi connectivity index (χ0) is 13.8. The molecule has 1 aromatic heterocycles. The zero-order valence-electron chi connectivity index (χ0n) is 9.45. The topological polar surface area (TPSA) is 153 Å². The first-order valence-electron chi connectivity index (χ1n) is 4.76. The number of anilines is 2. The van der Waals surface area contributed by atoms with E-state index in [2.05, 4.69) is 20.6 Å². The van der Waals surface area contributed by atoms with Crippen molar-refractivity contribution >= 4 is 27.3 Å². The van der Waals surface area contributed by atoms with Gasteiger partial charge in [0.25, 0.3) is 0 Å². The van der Waals surface area contributed by atoms with E-state index in [4.69, 9.17) is 5.14 Å². The summed E-state index contributed by atoms with van der Waals surface area (Å²) in [7, 11) is -2.16. The molecule has 10 nitrogen and oxygen atoms in total. The summed E-state index contributed by atoms with van der Waals surface area (Å²) in [4.78, 5) is 17.6. The van der Waals surface area contributed by atoms with Crippen LogP contribution in [-0.4, -0.2) is 42.7 Å². The molecule has 18 heavy (non-hydrogen) atoms. The van der Waals surface area contributed by atoms with Crippen LogP contribution in [0.3, 0.4) is 0 Å². The first-order valence-corrected chi connectivity index (χ1v) is 6.48. The predicted octanol–water partition coefficient (Wildman–Crippen LogP) is -0.873. The van der Waals surface area contributed by atoms with Gasteiger partial charge in [-0.3, -0.25) is 10.1 Å². The lowest BCUT2D eigenvalue weighted by atomic mass is 10.4. The summed E-state index contributed by atoms with van der Waals surface area (Å²) in [6, 6.07) is 0. The third-order valence-corrected chi connectivity index (χ3v) is 2.69. The molecule has 0 bridgehead atoms. The van der Waals surface area contributed by atoms with Crippen LogP contribution in [0.4, 0.5) is 17.3 Å². The Hall–Kier alpha value is -2.01. The smallest absolute Gasteiger partial charge is 0.353 e. The maximum atomic E-state index is 10.9. The second-order valence-electron chi connectivity index (χ2n) is 3.22. The van der Waals surface area contributed by atoms with Crippen molar-refractivity contribution in [3.8, 4) is 0 Å². The minimum Gasteiger partial charge on any atom is -0.367 e. The average Bonchev–Trinajstić information content (AvgIpc) is 2.26. The standard InChI is InChI=1S/C7H12N6O4S/c1-9-6-5(13(14)15)7(12-4-11-6)10-2-3-18(8,16)17/h4H,2-3H2,1H3,(H2,8,16,17)(H2,9,10,11,12). The molecular formula is C7H12N6O4S. The fourth-order valence-corrected chi connectivity index (χ4v) is 1.56. The fraction of sp³-hybridized carbons (Fsp3) is 0.429. The molecule has 0 saturated heterocycles. The minimum absolute atomic E-state index is 0.0353. The van der Waals surface area contributed by atoms with Crippen LogP contribution in [0.5, 0.6) is 0 Å². The molecule has 0 unspecified atom stereocenters. The Morgan fingerprint density at radius 2 is 2.06 bits per heavy atom. The number of primary sulfonamides is 1. The van der Waals surface area contributed by atoms with Crippen LogP contribution < -0.4 is 15.8 Å². The van der Waals surface area contributed by atoms with Gasteiger partial charge < -0.3 is 10.6 Å². The summed E-state index contributed by atoms with van der Waals surface area (Å²) in [6.07, 6.45) is 1.12. The quantitative estimate of drug-likeness (QED) is 0.447. The van der Waals surface area contributed by atoms with E-state index in [0.717, 1.165) is 6.33 Å². The molecule has 1 heterocycles. The molecule has 0 atom stereocenters. The van der Waals surface area contributed by atoms with Gasteiger partial charge in [0.1, 0.15) is 6.33 Å². The summed E-state index contributed by atoms with van der Waals surface area (Å²) in [5.74, 6) is -0.389. The van der Waals surface area contributed by atoms with Crippen molar-refractivity contribution in [3.63, 3.8) is 0 Å². The highest BCUT2D eigenvalue weighted by atomic mass is 32.2. The fourth-order valence-electron chi connectivity index (χ4n) is 1.18. The van der Waals surface area contributed by atoms with E-state index in [9.17, 15) is 18.5 Å². The molecule has 1 rings (SSSR count). The Bertz CT molecular complexity index is 545. The van der Waals surface area contributed by atoms with E-state index >= 15 is 0 Å². The number of aromatic nitrogens is 2. The number of hydrogen-bond acceptors (Lipinski definition) is 8. The highest BCUT2D eigenvalue weighted by Crippen LogP contribution is 2.27. The summed E-state index contributed by atoms with van der Waals surface area (Å²) in [6.45, 7) is -0.0835. The first kappa shape index (κ1) is 14.1. The number of rotatable bonds is 6. The van der Waals surface area contributed by atoms with E-state index in [1.54, 1.807) is 0 Å². The Morgan fingerprint density at radius 1 is 1.44 bits per heavy atom. The van der Waals surface area contributed by atoms with Gasteiger partial charge in [-0.2, -0.15) is 0 Å². The van der Waals surface area contributed by atoms with Crippen LogP contribution in [0, 0.1) is 10.1 Å². The molecule has 100 valence electrons. The van der Waals surface area contributed by atoms with Crippen molar-refractivity contribution < 1.29 is 13.3 Å². The summed E-state index contributed by atoms with van der Waals surface area (Å²) in [5, 5.41) is 20.8. The Morgan fingerprint density at radius 3 is 2.56 bits per heavy atom. The molecule has 0 aliphatic rings. The van der Waals surface area contributed by atoms with Crippen LogP contribution in [0.25, 0.3) is 0 Å². The Labute approximate surface area is 103 Å². The van der Waals surface area contributed by atoms with Crippen molar-refractivity contribution in [3.05, 3.63) is 16.4 Å². The van der Waals surface area contributed by atoms with E-state index in [0.29, 0.717) is 0 Å². The summed E-state index contributed by atoms with van der Waals surface area (Å²) in [5.41, 5.74) is -0.352. The van der Waals surface area contributed by atoms with Crippen molar-refractivity contribution in [1.29, 1.82) is 0 Å². The largest absolute Gasteiger partial charge is 0.367 e. The lowest BCUT2D eigenvalue weighted by Crippen LogP contribution is -2.23. The third-order valence-electron chi connectivity index (χ3n) is 1.92. The van der Waals surface area contributed by atoms with Gasteiger partial charge >= 0.3 is 5.69 Å².